The van der Waals surface area contributed by atoms with Crippen LogP contribution in [0.5, 0.6) is 0 Å². The minimum absolute atomic E-state index is 0.0604. The summed E-state index contributed by atoms with van der Waals surface area (Å²) in [5.74, 6) is -0.0721. The van der Waals surface area contributed by atoms with E-state index in [1.165, 1.54) is 0 Å². The molecular weight excluding hydrogens is 327 g/mol. The number of hydrogen-bond donors (Lipinski definition) is 1. The van der Waals surface area contributed by atoms with Gasteiger partial charge in [-0.15, -0.1) is 11.3 Å². The molecule has 1 heterocycles. The van der Waals surface area contributed by atoms with E-state index in [1.54, 1.807) is 29.5 Å². The van der Waals surface area contributed by atoms with Crippen molar-refractivity contribution in [3.8, 4) is 0 Å². The van der Waals surface area contributed by atoms with Crippen molar-refractivity contribution in [1.82, 2.24) is 10.3 Å². The Kier molecular flexibility index (Phi) is 5.25. The molecule has 0 aliphatic carbocycles. The fraction of sp³-hybridized carbons (Fsp3) is 0.333. The summed E-state index contributed by atoms with van der Waals surface area (Å²) in [6, 6.07) is 5.09. The van der Waals surface area contributed by atoms with E-state index >= 15 is 0 Å². The Bertz CT molecular complexity index is 670. The van der Waals surface area contributed by atoms with Gasteiger partial charge >= 0.3 is 0 Å². The Labute approximate surface area is 138 Å². The van der Waals surface area contributed by atoms with Gasteiger partial charge in [-0.2, -0.15) is 0 Å². The molecule has 21 heavy (non-hydrogen) atoms. The molecule has 2 aromatic rings. The Morgan fingerprint density at radius 1 is 1.38 bits per heavy atom. The minimum atomic E-state index is -0.0721. The van der Waals surface area contributed by atoms with Crippen molar-refractivity contribution in [1.29, 1.82) is 0 Å². The zero-order valence-corrected chi connectivity index (χ0v) is 14.4. The van der Waals surface area contributed by atoms with Gasteiger partial charge in [0, 0.05) is 14.9 Å². The monoisotopic (exact) mass is 342 g/mol. The number of nitrogens with zero attached hydrogens (tertiary/aromatic N) is 1. The van der Waals surface area contributed by atoms with Gasteiger partial charge in [0.25, 0.3) is 0 Å². The minimum Gasteiger partial charge on any atom is -0.348 e. The van der Waals surface area contributed by atoms with Crippen LogP contribution in [0, 0.1) is 13.8 Å². The molecule has 1 N–H and O–H groups in total. The van der Waals surface area contributed by atoms with E-state index in [2.05, 4.69) is 10.3 Å². The molecule has 0 fully saturated rings. The molecule has 0 saturated carbocycles. The van der Waals surface area contributed by atoms with Crippen molar-refractivity contribution in [3.05, 3.63) is 49.4 Å². The lowest BCUT2D eigenvalue weighted by molar-refractivity contribution is -0.121. The van der Waals surface area contributed by atoms with Gasteiger partial charge in [-0.1, -0.05) is 29.3 Å². The number of rotatable bonds is 4. The van der Waals surface area contributed by atoms with E-state index in [-0.39, 0.29) is 18.4 Å². The van der Waals surface area contributed by atoms with E-state index in [1.807, 2.05) is 20.8 Å². The van der Waals surface area contributed by atoms with Crippen LogP contribution in [0.1, 0.15) is 34.1 Å². The van der Waals surface area contributed by atoms with Gasteiger partial charge in [-0.05, 0) is 38.5 Å². The maximum absolute atomic E-state index is 12.1. The third kappa shape index (κ3) is 4.19. The van der Waals surface area contributed by atoms with E-state index in [9.17, 15) is 4.79 Å². The summed E-state index contributed by atoms with van der Waals surface area (Å²) in [7, 11) is 0. The average molecular weight is 343 g/mol. The average Bonchev–Trinajstić information content (AvgIpc) is 2.72. The van der Waals surface area contributed by atoms with E-state index in [0.29, 0.717) is 10.0 Å². The number of halogens is 2. The van der Waals surface area contributed by atoms with Gasteiger partial charge in [0.1, 0.15) is 0 Å². The van der Waals surface area contributed by atoms with Crippen LogP contribution in [0.3, 0.4) is 0 Å². The molecule has 3 nitrogen and oxygen atoms in total. The number of aryl methyl sites for hydroxylation is 2. The maximum Gasteiger partial charge on any atom is 0.224 e. The Balaban J connectivity index is 2.03. The second-order valence-electron chi connectivity index (χ2n) is 4.88. The van der Waals surface area contributed by atoms with E-state index in [0.717, 1.165) is 21.1 Å². The predicted octanol–water partition coefficient (Wildman–Crippen LogP) is 4.49. The first-order valence-electron chi connectivity index (χ1n) is 6.54. The van der Waals surface area contributed by atoms with Crippen molar-refractivity contribution in [3.63, 3.8) is 0 Å². The van der Waals surface area contributed by atoms with Gasteiger partial charge in [-0.25, -0.2) is 4.98 Å². The molecule has 0 aliphatic heterocycles. The van der Waals surface area contributed by atoms with Crippen LogP contribution >= 0.6 is 34.5 Å². The quantitative estimate of drug-likeness (QED) is 0.889. The topological polar surface area (TPSA) is 42.0 Å². The van der Waals surface area contributed by atoms with Gasteiger partial charge in [0.05, 0.1) is 23.2 Å². The highest BCUT2D eigenvalue weighted by atomic mass is 35.5. The Hall–Kier alpha value is -1.10. The maximum atomic E-state index is 12.1. The van der Waals surface area contributed by atoms with E-state index in [4.69, 9.17) is 23.2 Å². The van der Waals surface area contributed by atoms with Crippen LogP contribution < -0.4 is 5.32 Å². The van der Waals surface area contributed by atoms with Crippen molar-refractivity contribution in [2.45, 2.75) is 33.2 Å². The highest BCUT2D eigenvalue weighted by molar-refractivity contribution is 7.11. The van der Waals surface area contributed by atoms with Crippen LogP contribution in [-0.4, -0.2) is 10.9 Å². The summed E-state index contributed by atoms with van der Waals surface area (Å²) in [6.45, 7) is 5.88. The second kappa shape index (κ2) is 6.77. The molecular formula is C15H16Cl2N2OS. The van der Waals surface area contributed by atoms with Crippen LogP contribution in [0.2, 0.25) is 10.0 Å². The number of carbonyl (C=O) groups is 1. The Morgan fingerprint density at radius 2 is 2.10 bits per heavy atom. The van der Waals surface area contributed by atoms with Gasteiger partial charge < -0.3 is 5.32 Å². The predicted molar refractivity (Wildman–Crippen MR) is 88.3 cm³/mol. The number of hydrogen-bond acceptors (Lipinski definition) is 3. The number of thiazole rings is 1. The summed E-state index contributed by atoms with van der Waals surface area (Å²) in [5.41, 5.74) is 1.73. The highest BCUT2D eigenvalue weighted by Crippen LogP contribution is 2.25. The molecule has 1 atom stereocenters. The summed E-state index contributed by atoms with van der Waals surface area (Å²) in [6.07, 6.45) is 0.233. The molecule has 1 aromatic carbocycles. The highest BCUT2D eigenvalue weighted by Gasteiger charge is 2.16. The standard InChI is InChI=1S/C15H16Cl2N2OS/c1-8-15(21-10(3)18-8)9(2)19-14(20)6-11-4-5-12(16)7-13(11)17/h4-5,7,9H,6H2,1-3H3,(H,19,20)/t9-/m1/s1. The van der Waals surface area contributed by atoms with Crippen LogP contribution in [-0.2, 0) is 11.2 Å². The molecule has 1 aromatic heterocycles. The number of nitrogens with one attached hydrogen (secondary N) is 1. The van der Waals surface area contributed by atoms with Gasteiger partial charge in [0.15, 0.2) is 0 Å². The van der Waals surface area contributed by atoms with Crippen molar-refractivity contribution >= 4 is 40.4 Å². The number of amides is 1. The van der Waals surface area contributed by atoms with Crippen LogP contribution in [0.25, 0.3) is 0 Å². The SMILES string of the molecule is Cc1nc(C)c([C@@H](C)NC(=O)Cc2ccc(Cl)cc2Cl)s1. The zero-order chi connectivity index (χ0) is 15.6. The lowest BCUT2D eigenvalue weighted by Gasteiger charge is -2.13. The smallest absolute Gasteiger partial charge is 0.224 e. The van der Waals surface area contributed by atoms with Crippen molar-refractivity contribution in [2.75, 3.05) is 0 Å². The number of aromatic nitrogens is 1. The summed E-state index contributed by atoms with van der Waals surface area (Å²) in [4.78, 5) is 17.6. The first-order valence-corrected chi connectivity index (χ1v) is 8.11. The fourth-order valence-electron chi connectivity index (χ4n) is 2.14. The van der Waals surface area contributed by atoms with Crippen LogP contribution in [0.15, 0.2) is 18.2 Å². The lowest BCUT2D eigenvalue weighted by Crippen LogP contribution is -2.28. The van der Waals surface area contributed by atoms with Gasteiger partial charge in [-0.3, -0.25) is 4.79 Å². The molecule has 1 amide bonds. The number of carbonyl (C=O) groups excluding carboxylic acids is 1. The Morgan fingerprint density at radius 3 is 2.67 bits per heavy atom. The lowest BCUT2D eigenvalue weighted by atomic mass is 10.1. The van der Waals surface area contributed by atoms with Gasteiger partial charge in [0.2, 0.25) is 5.91 Å². The molecule has 112 valence electrons. The molecule has 0 unspecified atom stereocenters. The summed E-state index contributed by atoms with van der Waals surface area (Å²) in [5, 5.41) is 5.06. The molecule has 0 aliphatic rings. The fourth-order valence-corrected chi connectivity index (χ4v) is 3.55. The summed E-state index contributed by atoms with van der Waals surface area (Å²) < 4.78 is 0. The summed E-state index contributed by atoms with van der Waals surface area (Å²) >= 11 is 13.5. The second-order valence-corrected chi connectivity index (χ2v) is 6.96. The third-order valence-electron chi connectivity index (χ3n) is 3.08. The number of benzene rings is 1. The largest absolute Gasteiger partial charge is 0.348 e. The zero-order valence-electron chi connectivity index (χ0n) is 12.0. The van der Waals surface area contributed by atoms with E-state index < -0.39 is 0 Å². The first-order chi connectivity index (χ1) is 9.86. The molecule has 0 radical (unpaired) electrons. The van der Waals surface area contributed by atoms with Crippen molar-refractivity contribution < 1.29 is 4.79 Å². The molecule has 0 saturated heterocycles. The molecule has 0 bridgehead atoms. The van der Waals surface area contributed by atoms with Crippen molar-refractivity contribution in [2.24, 2.45) is 0 Å². The molecule has 2 rings (SSSR count). The molecule has 6 heteroatoms. The third-order valence-corrected chi connectivity index (χ3v) is 4.92. The molecule has 0 spiro atoms. The normalized spacial score (nSPS) is 12.2. The van der Waals surface area contributed by atoms with Crippen LogP contribution in [0.4, 0.5) is 0 Å². The first kappa shape index (κ1) is 16.3.